The first-order valence-corrected chi connectivity index (χ1v) is 10.8. The second-order valence-corrected chi connectivity index (χ2v) is 8.02. The van der Waals surface area contributed by atoms with Crippen LogP contribution in [0.1, 0.15) is 32.3 Å². The number of rotatable bonds is 6. The van der Waals surface area contributed by atoms with Crippen LogP contribution in [0.2, 0.25) is 0 Å². The van der Waals surface area contributed by atoms with Gasteiger partial charge in [-0.05, 0) is 55.5 Å². The smallest absolute Gasteiger partial charge is 0.282 e. The predicted octanol–water partition coefficient (Wildman–Crippen LogP) is 4.11. The number of ether oxygens (including phenoxy) is 2. The van der Waals surface area contributed by atoms with Crippen LogP contribution in [0, 0.1) is 5.92 Å². The molecule has 31 heavy (non-hydrogen) atoms. The van der Waals surface area contributed by atoms with E-state index in [2.05, 4.69) is 11.8 Å². The van der Waals surface area contributed by atoms with E-state index in [0.717, 1.165) is 31.5 Å². The van der Waals surface area contributed by atoms with Crippen LogP contribution in [-0.4, -0.2) is 43.5 Å². The summed E-state index contributed by atoms with van der Waals surface area (Å²) in [6, 6.07) is 14.4. The third-order valence-corrected chi connectivity index (χ3v) is 5.80. The Morgan fingerprint density at radius 1 is 1.03 bits per heavy atom. The highest BCUT2D eigenvalue weighted by Crippen LogP contribution is 2.37. The van der Waals surface area contributed by atoms with Gasteiger partial charge in [-0.2, -0.15) is 0 Å². The van der Waals surface area contributed by atoms with Crippen LogP contribution < -0.4 is 14.4 Å². The zero-order chi connectivity index (χ0) is 22.0. The minimum atomic E-state index is -0.308. The standard InChI is InChI=1S/C25H28N2O4/c1-4-31-21-9-5-8-19(15-21)27-24(28)22(18-10-12-20(30-3)13-11-18)23(25(27)29)26-14-6-7-17(2)16-26/h5,8-13,15,17H,4,6-7,14,16H2,1-3H3. The minimum Gasteiger partial charge on any atom is -0.497 e. The number of hydrogen-bond acceptors (Lipinski definition) is 5. The first kappa shape index (κ1) is 21.0. The van der Waals surface area contributed by atoms with Crippen LogP contribution >= 0.6 is 0 Å². The van der Waals surface area contributed by atoms with Crippen molar-refractivity contribution < 1.29 is 19.1 Å². The van der Waals surface area contributed by atoms with Gasteiger partial charge >= 0.3 is 0 Å². The molecule has 1 atom stereocenters. The van der Waals surface area contributed by atoms with Gasteiger partial charge in [-0.3, -0.25) is 9.59 Å². The quantitative estimate of drug-likeness (QED) is 0.659. The summed E-state index contributed by atoms with van der Waals surface area (Å²) >= 11 is 0. The van der Waals surface area contributed by atoms with Crippen LogP contribution in [0.5, 0.6) is 11.5 Å². The van der Waals surface area contributed by atoms with Gasteiger partial charge in [0, 0.05) is 19.2 Å². The second kappa shape index (κ2) is 8.84. The Balaban J connectivity index is 1.79. The number of piperidine rings is 1. The Morgan fingerprint density at radius 2 is 1.81 bits per heavy atom. The maximum atomic E-state index is 13.6. The average Bonchev–Trinajstić information content (AvgIpc) is 3.04. The number of carbonyl (C=O) groups is 2. The number of hydrogen-bond donors (Lipinski definition) is 0. The summed E-state index contributed by atoms with van der Waals surface area (Å²) in [7, 11) is 1.60. The van der Waals surface area contributed by atoms with Crippen molar-refractivity contribution in [3.63, 3.8) is 0 Å². The van der Waals surface area contributed by atoms with Gasteiger partial charge in [-0.1, -0.05) is 25.1 Å². The lowest BCUT2D eigenvalue weighted by molar-refractivity contribution is -0.120. The number of likely N-dealkylation sites (tertiary alicyclic amines) is 1. The molecule has 4 rings (SSSR count). The predicted molar refractivity (Wildman–Crippen MR) is 120 cm³/mol. The maximum absolute atomic E-state index is 13.6. The zero-order valence-electron chi connectivity index (χ0n) is 18.3. The van der Waals surface area contributed by atoms with Crippen molar-refractivity contribution in [1.29, 1.82) is 0 Å². The number of imide groups is 1. The Hall–Kier alpha value is -3.28. The van der Waals surface area contributed by atoms with E-state index in [1.165, 1.54) is 4.90 Å². The normalized spacial score (nSPS) is 19.3. The third kappa shape index (κ3) is 4.02. The van der Waals surface area contributed by atoms with Gasteiger partial charge < -0.3 is 14.4 Å². The van der Waals surface area contributed by atoms with Crippen LogP contribution in [0.3, 0.4) is 0 Å². The van der Waals surface area contributed by atoms with Gasteiger partial charge in [-0.15, -0.1) is 0 Å². The Labute approximate surface area is 183 Å². The molecule has 0 N–H and O–H groups in total. The van der Waals surface area contributed by atoms with E-state index in [1.54, 1.807) is 25.3 Å². The molecule has 0 spiro atoms. The monoisotopic (exact) mass is 420 g/mol. The lowest BCUT2D eigenvalue weighted by Gasteiger charge is -2.33. The van der Waals surface area contributed by atoms with E-state index in [-0.39, 0.29) is 11.8 Å². The number of anilines is 1. The van der Waals surface area contributed by atoms with Gasteiger partial charge in [0.1, 0.15) is 17.2 Å². The summed E-state index contributed by atoms with van der Waals surface area (Å²) in [6.07, 6.45) is 2.13. The average molecular weight is 421 g/mol. The molecule has 1 unspecified atom stereocenters. The fraction of sp³-hybridized carbons (Fsp3) is 0.360. The molecule has 1 fully saturated rings. The Bertz CT molecular complexity index is 1010. The molecule has 0 bridgehead atoms. The fourth-order valence-corrected chi connectivity index (χ4v) is 4.34. The Kier molecular flexibility index (Phi) is 5.98. The molecule has 1 saturated heterocycles. The van der Waals surface area contributed by atoms with Crippen LogP contribution in [0.25, 0.3) is 5.57 Å². The highest BCUT2D eigenvalue weighted by atomic mass is 16.5. The largest absolute Gasteiger partial charge is 0.497 e. The molecule has 6 heteroatoms. The first-order valence-electron chi connectivity index (χ1n) is 10.8. The van der Waals surface area contributed by atoms with E-state index in [4.69, 9.17) is 9.47 Å². The molecule has 2 amide bonds. The number of carbonyl (C=O) groups excluding carboxylic acids is 2. The van der Waals surface area contributed by atoms with Crippen LogP contribution in [0.15, 0.2) is 54.2 Å². The minimum absolute atomic E-state index is 0.279. The number of methoxy groups -OCH3 is 1. The summed E-state index contributed by atoms with van der Waals surface area (Å²) in [5.41, 5.74) is 2.18. The number of amides is 2. The van der Waals surface area contributed by atoms with Crippen LogP contribution in [-0.2, 0) is 9.59 Å². The summed E-state index contributed by atoms with van der Waals surface area (Å²) in [5, 5.41) is 0. The van der Waals surface area contributed by atoms with Crippen molar-refractivity contribution in [1.82, 2.24) is 4.90 Å². The van der Waals surface area contributed by atoms with E-state index in [0.29, 0.717) is 41.0 Å². The number of nitrogens with zero attached hydrogens (tertiary/aromatic N) is 2. The van der Waals surface area contributed by atoms with Crippen molar-refractivity contribution >= 4 is 23.1 Å². The van der Waals surface area contributed by atoms with Crippen molar-refractivity contribution in [3.8, 4) is 11.5 Å². The molecule has 2 aromatic rings. The van der Waals surface area contributed by atoms with E-state index in [9.17, 15) is 9.59 Å². The molecule has 2 aliphatic heterocycles. The first-order chi connectivity index (χ1) is 15.0. The van der Waals surface area contributed by atoms with Crippen molar-refractivity contribution in [2.45, 2.75) is 26.7 Å². The van der Waals surface area contributed by atoms with Gasteiger partial charge in [-0.25, -0.2) is 4.90 Å². The molecule has 2 heterocycles. The van der Waals surface area contributed by atoms with Gasteiger partial charge in [0.15, 0.2) is 0 Å². The molecular weight excluding hydrogens is 392 g/mol. The van der Waals surface area contributed by atoms with E-state index in [1.807, 2.05) is 37.3 Å². The molecular formula is C25H28N2O4. The zero-order valence-corrected chi connectivity index (χ0v) is 18.3. The topological polar surface area (TPSA) is 59.1 Å². The molecule has 0 aliphatic carbocycles. The SMILES string of the molecule is CCOc1cccc(N2C(=O)C(c3ccc(OC)cc3)=C(N3CCCC(C)C3)C2=O)c1. The van der Waals surface area contributed by atoms with Gasteiger partial charge in [0.25, 0.3) is 11.8 Å². The highest BCUT2D eigenvalue weighted by molar-refractivity contribution is 6.45. The van der Waals surface area contributed by atoms with Crippen molar-refractivity contribution in [2.75, 3.05) is 31.7 Å². The molecule has 0 radical (unpaired) electrons. The summed E-state index contributed by atoms with van der Waals surface area (Å²) in [4.78, 5) is 30.6. The lowest BCUT2D eigenvalue weighted by Crippen LogP contribution is -2.39. The summed E-state index contributed by atoms with van der Waals surface area (Å²) < 4.78 is 10.8. The molecule has 2 aromatic carbocycles. The van der Waals surface area contributed by atoms with E-state index >= 15 is 0 Å². The van der Waals surface area contributed by atoms with Crippen molar-refractivity contribution in [3.05, 3.63) is 59.8 Å². The van der Waals surface area contributed by atoms with E-state index < -0.39 is 0 Å². The molecule has 0 saturated carbocycles. The van der Waals surface area contributed by atoms with Crippen molar-refractivity contribution in [2.24, 2.45) is 5.92 Å². The summed E-state index contributed by atoms with van der Waals surface area (Å²) in [5.74, 6) is 1.22. The number of benzene rings is 2. The third-order valence-electron chi connectivity index (χ3n) is 5.80. The highest BCUT2D eigenvalue weighted by Gasteiger charge is 2.43. The molecule has 0 aromatic heterocycles. The van der Waals surface area contributed by atoms with Gasteiger partial charge in [0.05, 0.1) is 25.0 Å². The Morgan fingerprint density at radius 3 is 2.48 bits per heavy atom. The maximum Gasteiger partial charge on any atom is 0.282 e. The molecule has 162 valence electrons. The van der Waals surface area contributed by atoms with Gasteiger partial charge in [0.2, 0.25) is 0 Å². The lowest BCUT2D eigenvalue weighted by atomic mass is 9.98. The molecule has 6 nitrogen and oxygen atoms in total. The fourth-order valence-electron chi connectivity index (χ4n) is 4.34. The van der Waals surface area contributed by atoms with Crippen LogP contribution in [0.4, 0.5) is 5.69 Å². The molecule has 2 aliphatic rings. The summed E-state index contributed by atoms with van der Waals surface area (Å²) in [6.45, 7) is 6.13. The second-order valence-electron chi connectivity index (χ2n) is 8.02.